The zero-order valence-electron chi connectivity index (χ0n) is 7.19. The SMILES string of the molecule is Cc1ccsc1-c1ccnc(N)n1. The van der Waals surface area contributed by atoms with Crippen molar-refractivity contribution in [3.63, 3.8) is 0 Å². The quantitative estimate of drug-likeness (QED) is 0.751. The molecular formula is C9H9N3S. The van der Waals surface area contributed by atoms with Crippen molar-refractivity contribution in [1.29, 1.82) is 0 Å². The molecule has 0 aliphatic heterocycles. The summed E-state index contributed by atoms with van der Waals surface area (Å²) in [4.78, 5) is 9.17. The Morgan fingerprint density at radius 2 is 2.23 bits per heavy atom. The van der Waals surface area contributed by atoms with Gasteiger partial charge in [-0.25, -0.2) is 9.97 Å². The van der Waals surface area contributed by atoms with Crippen molar-refractivity contribution in [3.05, 3.63) is 29.3 Å². The molecule has 0 radical (unpaired) electrons. The summed E-state index contributed by atoms with van der Waals surface area (Å²) < 4.78 is 0. The lowest BCUT2D eigenvalue weighted by atomic mass is 10.2. The van der Waals surface area contributed by atoms with Crippen LogP contribution in [0.15, 0.2) is 23.7 Å². The molecule has 0 atom stereocenters. The van der Waals surface area contributed by atoms with Gasteiger partial charge in [0, 0.05) is 6.20 Å². The molecule has 0 amide bonds. The van der Waals surface area contributed by atoms with E-state index in [4.69, 9.17) is 5.73 Å². The Balaban J connectivity index is 2.53. The van der Waals surface area contributed by atoms with Crippen molar-refractivity contribution in [1.82, 2.24) is 9.97 Å². The van der Waals surface area contributed by atoms with E-state index in [9.17, 15) is 0 Å². The minimum absolute atomic E-state index is 0.324. The lowest BCUT2D eigenvalue weighted by molar-refractivity contribution is 1.19. The van der Waals surface area contributed by atoms with E-state index < -0.39 is 0 Å². The third kappa shape index (κ3) is 1.53. The summed E-state index contributed by atoms with van der Waals surface area (Å²) in [5.41, 5.74) is 7.63. The normalized spacial score (nSPS) is 10.2. The lowest BCUT2D eigenvalue weighted by Crippen LogP contribution is -1.94. The summed E-state index contributed by atoms with van der Waals surface area (Å²) >= 11 is 1.67. The first-order chi connectivity index (χ1) is 6.27. The number of anilines is 1. The van der Waals surface area contributed by atoms with Gasteiger partial charge >= 0.3 is 0 Å². The molecule has 0 saturated heterocycles. The summed E-state index contributed by atoms with van der Waals surface area (Å²) in [6.45, 7) is 2.06. The third-order valence-electron chi connectivity index (χ3n) is 1.77. The van der Waals surface area contributed by atoms with Crippen LogP contribution in [0.4, 0.5) is 5.95 Å². The van der Waals surface area contributed by atoms with E-state index in [-0.39, 0.29) is 0 Å². The molecule has 0 aliphatic rings. The van der Waals surface area contributed by atoms with Gasteiger partial charge < -0.3 is 5.73 Å². The fourth-order valence-corrected chi connectivity index (χ4v) is 2.03. The number of nitrogens with two attached hydrogens (primary N) is 1. The molecule has 3 nitrogen and oxygen atoms in total. The number of hydrogen-bond acceptors (Lipinski definition) is 4. The van der Waals surface area contributed by atoms with E-state index in [1.54, 1.807) is 17.5 Å². The fraction of sp³-hybridized carbons (Fsp3) is 0.111. The topological polar surface area (TPSA) is 51.8 Å². The standard InChI is InChI=1S/C9H9N3S/c1-6-3-5-13-8(6)7-2-4-11-9(10)12-7/h2-5H,1H3,(H2,10,11,12). The van der Waals surface area contributed by atoms with Gasteiger partial charge in [-0.2, -0.15) is 0 Å². The molecule has 2 aromatic rings. The highest BCUT2D eigenvalue weighted by Gasteiger charge is 2.04. The van der Waals surface area contributed by atoms with Crippen LogP contribution in [-0.2, 0) is 0 Å². The smallest absolute Gasteiger partial charge is 0.220 e. The van der Waals surface area contributed by atoms with Gasteiger partial charge in [0.1, 0.15) is 0 Å². The van der Waals surface area contributed by atoms with Crippen molar-refractivity contribution < 1.29 is 0 Å². The molecule has 0 saturated carbocycles. The van der Waals surface area contributed by atoms with Gasteiger partial charge in [-0.15, -0.1) is 11.3 Å². The summed E-state index contributed by atoms with van der Waals surface area (Å²) in [6, 6.07) is 3.94. The first kappa shape index (κ1) is 8.19. The predicted molar refractivity (Wildman–Crippen MR) is 54.5 cm³/mol. The molecule has 0 fully saturated rings. The van der Waals surface area contributed by atoms with E-state index in [2.05, 4.69) is 23.0 Å². The Labute approximate surface area is 80.3 Å². The molecule has 0 unspecified atom stereocenters. The number of aryl methyl sites for hydroxylation is 1. The number of aromatic nitrogens is 2. The second-order valence-corrected chi connectivity index (χ2v) is 3.65. The number of thiophene rings is 1. The molecule has 0 aliphatic carbocycles. The zero-order chi connectivity index (χ0) is 9.26. The van der Waals surface area contributed by atoms with Crippen molar-refractivity contribution >= 4 is 17.3 Å². The summed E-state index contributed by atoms with van der Waals surface area (Å²) in [5, 5.41) is 2.04. The minimum atomic E-state index is 0.324. The van der Waals surface area contributed by atoms with Crippen LogP contribution in [0, 0.1) is 6.92 Å². The third-order valence-corrected chi connectivity index (χ3v) is 2.81. The van der Waals surface area contributed by atoms with Crippen LogP contribution in [0.25, 0.3) is 10.6 Å². The van der Waals surface area contributed by atoms with E-state index in [0.29, 0.717) is 5.95 Å². The highest BCUT2D eigenvalue weighted by Crippen LogP contribution is 2.26. The van der Waals surface area contributed by atoms with Crippen LogP contribution in [0.1, 0.15) is 5.56 Å². The summed E-state index contributed by atoms with van der Waals surface area (Å²) in [7, 11) is 0. The van der Waals surface area contributed by atoms with Crippen LogP contribution >= 0.6 is 11.3 Å². The van der Waals surface area contributed by atoms with Crippen LogP contribution in [0.2, 0.25) is 0 Å². The highest BCUT2D eigenvalue weighted by atomic mass is 32.1. The van der Waals surface area contributed by atoms with Crippen molar-refractivity contribution in [2.24, 2.45) is 0 Å². The Morgan fingerprint density at radius 3 is 2.85 bits per heavy atom. The molecule has 13 heavy (non-hydrogen) atoms. The molecule has 0 aromatic carbocycles. The Hall–Kier alpha value is -1.42. The maximum Gasteiger partial charge on any atom is 0.220 e. The number of nitrogens with zero attached hydrogens (tertiary/aromatic N) is 2. The van der Waals surface area contributed by atoms with Gasteiger partial charge in [-0.1, -0.05) is 0 Å². The summed E-state index contributed by atoms with van der Waals surface area (Å²) in [6.07, 6.45) is 1.68. The molecule has 2 aromatic heterocycles. The summed E-state index contributed by atoms with van der Waals surface area (Å²) in [5.74, 6) is 0.324. The van der Waals surface area contributed by atoms with Crippen LogP contribution < -0.4 is 5.73 Å². The van der Waals surface area contributed by atoms with E-state index in [1.165, 1.54) is 5.56 Å². The fourth-order valence-electron chi connectivity index (χ4n) is 1.14. The van der Waals surface area contributed by atoms with Crippen LogP contribution in [-0.4, -0.2) is 9.97 Å². The minimum Gasteiger partial charge on any atom is -0.368 e. The molecule has 2 rings (SSSR count). The van der Waals surface area contributed by atoms with Gasteiger partial charge in [-0.05, 0) is 30.0 Å². The Bertz CT molecular complexity index is 422. The maximum absolute atomic E-state index is 5.50. The molecule has 2 heterocycles. The van der Waals surface area contributed by atoms with Crippen LogP contribution in [0.5, 0.6) is 0 Å². The number of hydrogen-bond donors (Lipinski definition) is 1. The molecule has 0 spiro atoms. The van der Waals surface area contributed by atoms with E-state index >= 15 is 0 Å². The second kappa shape index (κ2) is 3.14. The Morgan fingerprint density at radius 1 is 1.38 bits per heavy atom. The Kier molecular flexibility index (Phi) is 1.98. The average Bonchev–Trinajstić information content (AvgIpc) is 2.51. The van der Waals surface area contributed by atoms with Gasteiger partial charge in [0.15, 0.2) is 0 Å². The predicted octanol–water partition coefficient (Wildman–Crippen LogP) is 2.10. The number of rotatable bonds is 1. The first-order valence-corrected chi connectivity index (χ1v) is 4.78. The monoisotopic (exact) mass is 191 g/mol. The van der Waals surface area contributed by atoms with Crippen molar-refractivity contribution in [2.75, 3.05) is 5.73 Å². The highest BCUT2D eigenvalue weighted by molar-refractivity contribution is 7.13. The van der Waals surface area contributed by atoms with Crippen LogP contribution in [0.3, 0.4) is 0 Å². The van der Waals surface area contributed by atoms with Gasteiger partial charge in [0.25, 0.3) is 0 Å². The first-order valence-electron chi connectivity index (χ1n) is 3.90. The van der Waals surface area contributed by atoms with Gasteiger partial charge in [0.05, 0.1) is 10.6 Å². The van der Waals surface area contributed by atoms with E-state index in [0.717, 1.165) is 10.6 Å². The van der Waals surface area contributed by atoms with Gasteiger partial charge in [0.2, 0.25) is 5.95 Å². The molecule has 4 heteroatoms. The average molecular weight is 191 g/mol. The largest absolute Gasteiger partial charge is 0.368 e. The molecule has 66 valence electrons. The molecule has 2 N–H and O–H groups in total. The molecular weight excluding hydrogens is 182 g/mol. The lowest BCUT2D eigenvalue weighted by Gasteiger charge is -1.98. The van der Waals surface area contributed by atoms with E-state index in [1.807, 2.05) is 11.4 Å². The van der Waals surface area contributed by atoms with Crippen molar-refractivity contribution in [2.45, 2.75) is 6.92 Å². The maximum atomic E-state index is 5.50. The van der Waals surface area contributed by atoms with Gasteiger partial charge in [-0.3, -0.25) is 0 Å². The second-order valence-electron chi connectivity index (χ2n) is 2.73. The van der Waals surface area contributed by atoms with Crippen molar-refractivity contribution in [3.8, 4) is 10.6 Å². The number of nitrogen functional groups attached to an aromatic ring is 1. The molecule has 0 bridgehead atoms. The zero-order valence-corrected chi connectivity index (χ0v) is 8.01.